The van der Waals surface area contributed by atoms with E-state index in [1.54, 1.807) is 14.2 Å². The van der Waals surface area contributed by atoms with Gasteiger partial charge in [-0.25, -0.2) is 0 Å². The summed E-state index contributed by atoms with van der Waals surface area (Å²) in [5.74, 6) is 1.87. The highest BCUT2D eigenvalue weighted by Crippen LogP contribution is 2.32. The largest absolute Gasteiger partial charge is 0.493 e. The lowest BCUT2D eigenvalue weighted by atomic mass is 9.88. The number of amides is 1. The molecule has 4 heteroatoms. The number of nitrogens with one attached hydrogen (secondary N) is 1. The van der Waals surface area contributed by atoms with E-state index in [-0.39, 0.29) is 11.9 Å². The zero-order valence-electron chi connectivity index (χ0n) is 16.8. The molecule has 0 aromatic heterocycles. The number of methoxy groups -OCH3 is 2. The van der Waals surface area contributed by atoms with Gasteiger partial charge in [-0.1, -0.05) is 69.2 Å². The van der Waals surface area contributed by atoms with Gasteiger partial charge in [0.05, 0.1) is 20.3 Å². The summed E-state index contributed by atoms with van der Waals surface area (Å²) in [5.41, 5.74) is 2.14. The first-order valence-electron chi connectivity index (χ1n) is 9.68. The fraction of sp³-hybridized carbons (Fsp3) is 0.435. The summed E-state index contributed by atoms with van der Waals surface area (Å²) >= 11 is 0. The van der Waals surface area contributed by atoms with Crippen LogP contribution in [-0.4, -0.2) is 20.1 Å². The Morgan fingerprint density at radius 3 is 2.26 bits per heavy atom. The standard InChI is InChI=1S/C23H31NO3/c1-5-17(6-2)22(18-11-8-7-9-12-18)24-21(25)16-15-19-13-10-14-20(26-3)23(19)27-4/h7-14,17,22H,5-6,15-16H2,1-4H3,(H,24,25). The topological polar surface area (TPSA) is 47.6 Å². The molecule has 0 heterocycles. The van der Waals surface area contributed by atoms with Gasteiger partial charge >= 0.3 is 0 Å². The van der Waals surface area contributed by atoms with E-state index in [0.29, 0.717) is 30.3 Å². The summed E-state index contributed by atoms with van der Waals surface area (Å²) in [6.07, 6.45) is 3.07. The number of carbonyl (C=O) groups is 1. The number of ether oxygens (including phenoxy) is 2. The molecule has 2 aromatic rings. The van der Waals surface area contributed by atoms with Crippen LogP contribution in [0.3, 0.4) is 0 Å². The third kappa shape index (κ3) is 5.49. The molecule has 1 unspecified atom stereocenters. The minimum atomic E-state index is 0.0425. The van der Waals surface area contributed by atoms with Crippen molar-refractivity contribution in [3.05, 3.63) is 59.7 Å². The van der Waals surface area contributed by atoms with Crippen molar-refractivity contribution in [2.75, 3.05) is 14.2 Å². The van der Waals surface area contributed by atoms with Gasteiger partial charge in [0.15, 0.2) is 11.5 Å². The van der Waals surface area contributed by atoms with E-state index in [2.05, 4.69) is 31.3 Å². The van der Waals surface area contributed by atoms with Gasteiger partial charge in [-0.15, -0.1) is 0 Å². The molecule has 0 spiro atoms. The van der Waals surface area contributed by atoms with Gasteiger partial charge in [0.2, 0.25) is 5.91 Å². The van der Waals surface area contributed by atoms with Gasteiger partial charge in [0.25, 0.3) is 0 Å². The van der Waals surface area contributed by atoms with Crippen molar-refractivity contribution in [3.8, 4) is 11.5 Å². The molecule has 4 nitrogen and oxygen atoms in total. The first-order valence-corrected chi connectivity index (χ1v) is 9.68. The summed E-state index contributed by atoms with van der Waals surface area (Å²) in [6.45, 7) is 4.36. The van der Waals surface area contributed by atoms with Crippen LogP contribution in [0.15, 0.2) is 48.5 Å². The van der Waals surface area contributed by atoms with E-state index in [1.807, 2.05) is 36.4 Å². The van der Waals surface area contributed by atoms with Crippen molar-refractivity contribution in [2.45, 2.75) is 45.6 Å². The highest BCUT2D eigenvalue weighted by atomic mass is 16.5. The predicted octanol–water partition coefficient (Wildman–Crippen LogP) is 4.93. The quantitative estimate of drug-likeness (QED) is 0.646. The molecule has 1 N–H and O–H groups in total. The van der Waals surface area contributed by atoms with Crippen molar-refractivity contribution in [2.24, 2.45) is 5.92 Å². The van der Waals surface area contributed by atoms with Crippen molar-refractivity contribution < 1.29 is 14.3 Å². The van der Waals surface area contributed by atoms with E-state index < -0.39 is 0 Å². The average molecular weight is 370 g/mol. The number of aryl methyl sites for hydroxylation is 1. The molecule has 0 radical (unpaired) electrons. The molecular weight excluding hydrogens is 338 g/mol. The maximum absolute atomic E-state index is 12.7. The molecule has 27 heavy (non-hydrogen) atoms. The van der Waals surface area contributed by atoms with E-state index in [9.17, 15) is 4.79 Å². The van der Waals surface area contributed by atoms with Crippen LogP contribution in [0.2, 0.25) is 0 Å². The fourth-order valence-corrected chi connectivity index (χ4v) is 3.54. The first kappa shape index (κ1) is 20.8. The Balaban J connectivity index is 2.08. The van der Waals surface area contributed by atoms with E-state index in [4.69, 9.17) is 9.47 Å². The summed E-state index contributed by atoms with van der Waals surface area (Å²) in [4.78, 5) is 12.7. The van der Waals surface area contributed by atoms with Gasteiger partial charge in [0, 0.05) is 6.42 Å². The Kier molecular flexibility index (Phi) is 8.18. The Morgan fingerprint density at radius 1 is 0.963 bits per heavy atom. The molecule has 0 aliphatic heterocycles. The van der Waals surface area contributed by atoms with Crippen LogP contribution in [-0.2, 0) is 11.2 Å². The van der Waals surface area contributed by atoms with Crippen LogP contribution >= 0.6 is 0 Å². The molecule has 0 fully saturated rings. The highest BCUT2D eigenvalue weighted by molar-refractivity contribution is 5.77. The maximum Gasteiger partial charge on any atom is 0.220 e. The van der Waals surface area contributed by atoms with Crippen LogP contribution in [0.25, 0.3) is 0 Å². The third-order valence-electron chi connectivity index (χ3n) is 5.10. The molecule has 1 amide bonds. The lowest BCUT2D eigenvalue weighted by molar-refractivity contribution is -0.122. The second-order valence-electron chi connectivity index (χ2n) is 6.69. The minimum Gasteiger partial charge on any atom is -0.493 e. The molecule has 2 aromatic carbocycles. The fourth-order valence-electron chi connectivity index (χ4n) is 3.54. The van der Waals surface area contributed by atoms with Gasteiger partial charge in [-0.3, -0.25) is 4.79 Å². The van der Waals surface area contributed by atoms with Crippen molar-refractivity contribution in [1.29, 1.82) is 0 Å². The number of rotatable bonds is 10. The summed E-state index contributed by atoms with van der Waals surface area (Å²) in [6, 6.07) is 16.0. The average Bonchev–Trinajstić information content (AvgIpc) is 2.72. The molecule has 0 saturated carbocycles. The van der Waals surface area contributed by atoms with E-state index >= 15 is 0 Å². The van der Waals surface area contributed by atoms with Crippen LogP contribution in [0, 0.1) is 5.92 Å². The Labute approximate surface area is 162 Å². The second kappa shape index (κ2) is 10.6. The van der Waals surface area contributed by atoms with E-state index in [1.165, 1.54) is 5.56 Å². The third-order valence-corrected chi connectivity index (χ3v) is 5.10. The normalized spacial score (nSPS) is 11.9. The Hall–Kier alpha value is -2.49. The van der Waals surface area contributed by atoms with Crippen LogP contribution in [0.1, 0.15) is 50.3 Å². The lowest BCUT2D eigenvalue weighted by Gasteiger charge is -2.27. The van der Waals surface area contributed by atoms with E-state index in [0.717, 1.165) is 18.4 Å². The number of hydrogen-bond acceptors (Lipinski definition) is 3. The SMILES string of the molecule is CCC(CC)C(NC(=O)CCc1cccc(OC)c1OC)c1ccccc1. The Bertz CT molecular complexity index is 711. The van der Waals surface area contributed by atoms with Gasteiger partial charge in [-0.2, -0.15) is 0 Å². The van der Waals surface area contributed by atoms with Gasteiger partial charge in [-0.05, 0) is 29.5 Å². The van der Waals surface area contributed by atoms with Crippen LogP contribution in [0.4, 0.5) is 0 Å². The van der Waals surface area contributed by atoms with Crippen LogP contribution < -0.4 is 14.8 Å². The zero-order valence-corrected chi connectivity index (χ0v) is 16.8. The molecular formula is C23H31NO3. The monoisotopic (exact) mass is 369 g/mol. The maximum atomic E-state index is 12.7. The molecule has 2 rings (SSSR count). The molecule has 0 bridgehead atoms. The summed E-state index contributed by atoms with van der Waals surface area (Å²) < 4.78 is 10.8. The number of benzene rings is 2. The molecule has 146 valence electrons. The number of hydrogen-bond donors (Lipinski definition) is 1. The minimum absolute atomic E-state index is 0.0425. The number of para-hydroxylation sites is 1. The first-order chi connectivity index (χ1) is 13.1. The predicted molar refractivity (Wildman–Crippen MR) is 109 cm³/mol. The molecule has 0 saturated heterocycles. The van der Waals surface area contributed by atoms with Crippen molar-refractivity contribution in [3.63, 3.8) is 0 Å². The molecule has 0 aliphatic rings. The second-order valence-corrected chi connectivity index (χ2v) is 6.69. The smallest absolute Gasteiger partial charge is 0.220 e. The van der Waals surface area contributed by atoms with Gasteiger partial charge in [0.1, 0.15) is 0 Å². The molecule has 1 atom stereocenters. The number of carbonyl (C=O) groups excluding carboxylic acids is 1. The van der Waals surface area contributed by atoms with Gasteiger partial charge < -0.3 is 14.8 Å². The highest BCUT2D eigenvalue weighted by Gasteiger charge is 2.22. The Morgan fingerprint density at radius 2 is 1.67 bits per heavy atom. The zero-order chi connectivity index (χ0) is 19.6. The summed E-state index contributed by atoms with van der Waals surface area (Å²) in [5, 5.41) is 3.26. The van der Waals surface area contributed by atoms with Crippen molar-refractivity contribution in [1.82, 2.24) is 5.32 Å². The van der Waals surface area contributed by atoms with Crippen molar-refractivity contribution >= 4 is 5.91 Å². The lowest BCUT2D eigenvalue weighted by Crippen LogP contribution is -2.33. The summed E-state index contributed by atoms with van der Waals surface area (Å²) in [7, 11) is 3.24. The molecule has 0 aliphatic carbocycles. The van der Waals surface area contributed by atoms with Crippen LogP contribution in [0.5, 0.6) is 11.5 Å².